The van der Waals surface area contributed by atoms with Crippen LogP contribution in [-0.2, 0) is 9.53 Å². The minimum absolute atomic E-state index is 0.00327. The lowest BCUT2D eigenvalue weighted by molar-refractivity contribution is -0.144. The van der Waals surface area contributed by atoms with Crippen molar-refractivity contribution in [3.8, 4) is 11.1 Å². The Hall–Kier alpha value is -2.53. The number of cyclic esters (lactones) is 1. The van der Waals surface area contributed by atoms with E-state index in [2.05, 4.69) is 17.1 Å². The number of halogens is 1. The van der Waals surface area contributed by atoms with Crippen molar-refractivity contribution in [2.75, 3.05) is 0 Å². The predicted molar refractivity (Wildman–Crippen MR) is 118 cm³/mol. The fourth-order valence-corrected chi connectivity index (χ4v) is 6.17. The van der Waals surface area contributed by atoms with Crippen molar-refractivity contribution in [2.24, 2.45) is 35.3 Å². The first-order chi connectivity index (χ1) is 15.0. The zero-order valence-corrected chi connectivity index (χ0v) is 17.8. The number of esters is 1. The first kappa shape index (κ1) is 20.4. The number of allylic oxidation sites excluding steroid dienone is 1. The van der Waals surface area contributed by atoms with Gasteiger partial charge in [-0.1, -0.05) is 24.3 Å². The molecule has 2 N–H and O–H groups in total. The normalized spacial score (nSPS) is 34.9. The van der Waals surface area contributed by atoms with E-state index < -0.39 is 0 Å². The lowest BCUT2D eigenvalue weighted by atomic mass is 9.57. The molecule has 4 nitrogen and oxygen atoms in total. The van der Waals surface area contributed by atoms with Crippen LogP contribution in [0.15, 0.2) is 48.7 Å². The van der Waals surface area contributed by atoms with E-state index in [1.165, 1.54) is 12.1 Å². The summed E-state index contributed by atoms with van der Waals surface area (Å²) in [4.78, 5) is 17.0. The first-order valence-corrected chi connectivity index (χ1v) is 11.4. The minimum atomic E-state index is -0.254. The van der Waals surface area contributed by atoms with E-state index in [1.54, 1.807) is 12.3 Å². The number of carbonyl (C=O) groups excluding carboxylic acids is 1. The maximum atomic E-state index is 13.5. The van der Waals surface area contributed by atoms with Crippen LogP contribution >= 0.6 is 0 Å². The number of rotatable bonds is 3. The Morgan fingerprint density at radius 1 is 1.16 bits per heavy atom. The van der Waals surface area contributed by atoms with E-state index in [0.717, 1.165) is 42.5 Å². The molecule has 2 heterocycles. The van der Waals surface area contributed by atoms with Gasteiger partial charge in [-0.3, -0.25) is 9.78 Å². The van der Waals surface area contributed by atoms with Crippen LogP contribution in [0.4, 0.5) is 4.39 Å². The summed E-state index contributed by atoms with van der Waals surface area (Å²) in [6, 6.07) is 10.7. The van der Waals surface area contributed by atoms with E-state index in [9.17, 15) is 9.18 Å². The van der Waals surface area contributed by atoms with E-state index in [1.807, 2.05) is 25.1 Å². The quantitative estimate of drug-likeness (QED) is 0.722. The number of hydrogen-bond donors (Lipinski definition) is 1. The summed E-state index contributed by atoms with van der Waals surface area (Å²) in [6.45, 7) is 2.03. The van der Waals surface area contributed by atoms with Gasteiger partial charge in [-0.15, -0.1) is 0 Å². The van der Waals surface area contributed by atoms with Crippen molar-refractivity contribution in [3.63, 3.8) is 0 Å². The Balaban J connectivity index is 1.40. The van der Waals surface area contributed by atoms with Gasteiger partial charge in [0.05, 0.1) is 11.6 Å². The van der Waals surface area contributed by atoms with E-state index >= 15 is 0 Å². The summed E-state index contributed by atoms with van der Waals surface area (Å²) in [5.41, 5.74) is 8.89. The molecule has 2 saturated carbocycles. The van der Waals surface area contributed by atoms with Crippen molar-refractivity contribution in [2.45, 2.75) is 44.8 Å². The molecule has 1 aromatic heterocycles. The summed E-state index contributed by atoms with van der Waals surface area (Å²) in [7, 11) is 0. The maximum Gasteiger partial charge on any atom is 0.309 e. The van der Waals surface area contributed by atoms with Crippen LogP contribution in [0.5, 0.6) is 0 Å². The highest BCUT2D eigenvalue weighted by Crippen LogP contribution is 2.53. The largest absolute Gasteiger partial charge is 0.462 e. The Morgan fingerprint density at radius 2 is 2.03 bits per heavy atom. The van der Waals surface area contributed by atoms with Gasteiger partial charge in [0.1, 0.15) is 11.9 Å². The number of fused-ring (bicyclic) bond motifs is 2. The van der Waals surface area contributed by atoms with Gasteiger partial charge in [-0.05, 0) is 80.2 Å². The van der Waals surface area contributed by atoms with Gasteiger partial charge in [0, 0.05) is 23.7 Å². The average molecular weight is 421 g/mol. The lowest BCUT2D eigenvalue weighted by Gasteiger charge is -2.47. The molecule has 1 aliphatic heterocycles. The van der Waals surface area contributed by atoms with Crippen LogP contribution < -0.4 is 5.73 Å². The fraction of sp³-hybridized carbons (Fsp3) is 0.462. The third kappa shape index (κ3) is 3.91. The number of nitrogens with zero attached hydrogens (tertiary/aromatic N) is 1. The number of carbonyl (C=O) groups is 1. The molecule has 0 spiro atoms. The number of pyridine rings is 1. The van der Waals surface area contributed by atoms with E-state index in [0.29, 0.717) is 11.8 Å². The second-order valence-corrected chi connectivity index (χ2v) is 9.48. The van der Waals surface area contributed by atoms with Gasteiger partial charge >= 0.3 is 5.97 Å². The predicted octanol–water partition coefficient (Wildman–Crippen LogP) is 4.84. The highest BCUT2D eigenvalue weighted by Gasteiger charge is 2.54. The second kappa shape index (κ2) is 8.19. The van der Waals surface area contributed by atoms with E-state index in [4.69, 9.17) is 10.5 Å². The third-order valence-electron chi connectivity index (χ3n) is 7.63. The van der Waals surface area contributed by atoms with Gasteiger partial charge in [0.25, 0.3) is 0 Å². The number of nitrogens with two attached hydrogens (primary N) is 1. The van der Waals surface area contributed by atoms with Crippen LogP contribution in [0.25, 0.3) is 17.2 Å². The molecule has 162 valence electrons. The van der Waals surface area contributed by atoms with Gasteiger partial charge in [0.2, 0.25) is 0 Å². The molecular formula is C26H29FN2O2. The van der Waals surface area contributed by atoms with Crippen molar-refractivity contribution < 1.29 is 13.9 Å². The Bertz CT molecular complexity index is 989. The molecule has 0 bridgehead atoms. The summed E-state index contributed by atoms with van der Waals surface area (Å²) < 4.78 is 19.2. The van der Waals surface area contributed by atoms with Gasteiger partial charge in [-0.25, -0.2) is 4.39 Å². The molecule has 3 fully saturated rings. The van der Waals surface area contributed by atoms with E-state index in [-0.39, 0.29) is 41.7 Å². The molecule has 5 rings (SSSR count). The molecule has 31 heavy (non-hydrogen) atoms. The van der Waals surface area contributed by atoms with Crippen LogP contribution in [-0.4, -0.2) is 23.1 Å². The summed E-state index contributed by atoms with van der Waals surface area (Å²) >= 11 is 0. The van der Waals surface area contributed by atoms with Crippen molar-refractivity contribution in [1.82, 2.24) is 4.98 Å². The monoisotopic (exact) mass is 420 g/mol. The van der Waals surface area contributed by atoms with Crippen LogP contribution in [0.3, 0.4) is 0 Å². The molecular weight excluding hydrogens is 391 g/mol. The Kier molecular flexibility index (Phi) is 5.39. The van der Waals surface area contributed by atoms with Crippen molar-refractivity contribution in [1.29, 1.82) is 0 Å². The smallest absolute Gasteiger partial charge is 0.309 e. The van der Waals surface area contributed by atoms with Crippen molar-refractivity contribution in [3.05, 3.63) is 60.2 Å². The van der Waals surface area contributed by atoms with Gasteiger partial charge in [0.15, 0.2) is 0 Å². The second-order valence-electron chi connectivity index (χ2n) is 9.48. The number of aromatic nitrogens is 1. The summed E-state index contributed by atoms with van der Waals surface area (Å²) in [5, 5.41) is 0. The van der Waals surface area contributed by atoms with Crippen LogP contribution in [0.2, 0.25) is 0 Å². The average Bonchev–Trinajstić information content (AvgIpc) is 3.05. The first-order valence-electron chi connectivity index (χ1n) is 11.4. The number of ether oxygens (including phenoxy) is 1. The number of benzene rings is 1. The summed E-state index contributed by atoms with van der Waals surface area (Å²) in [5.74, 6) is 1.23. The molecule has 2 aliphatic carbocycles. The molecule has 7 atom stereocenters. The highest BCUT2D eigenvalue weighted by atomic mass is 19.1. The lowest BCUT2D eigenvalue weighted by Crippen LogP contribution is -2.46. The zero-order chi connectivity index (χ0) is 21.5. The zero-order valence-electron chi connectivity index (χ0n) is 17.8. The topological polar surface area (TPSA) is 65.2 Å². The van der Waals surface area contributed by atoms with Gasteiger partial charge in [-0.2, -0.15) is 0 Å². The molecule has 0 radical (unpaired) electrons. The summed E-state index contributed by atoms with van der Waals surface area (Å²) in [6.07, 6.45) is 10.1. The minimum Gasteiger partial charge on any atom is -0.462 e. The molecule has 1 aromatic carbocycles. The Labute approximate surface area is 182 Å². The third-order valence-corrected chi connectivity index (χ3v) is 7.63. The fourth-order valence-electron chi connectivity index (χ4n) is 6.17. The molecule has 1 saturated heterocycles. The number of hydrogen-bond acceptors (Lipinski definition) is 4. The SMILES string of the molecule is C[C@H]1OC(=O)[C@@H]2C[C@@H]3CC[C@@H](N)CC3[C@H](/C=C/c3ccc(-c4cccc(F)c4)cn3)[C@H]12. The molecule has 0 amide bonds. The van der Waals surface area contributed by atoms with Crippen LogP contribution in [0, 0.1) is 35.4 Å². The highest BCUT2D eigenvalue weighted by molar-refractivity contribution is 5.75. The van der Waals surface area contributed by atoms with Crippen molar-refractivity contribution >= 4 is 12.0 Å². The molecule has 3 aliphatic rings. The molecule has 2 aromatic rings. The van der Waals surface area contributed by atoms with Crippen LogP contribution in [0.1, 0.15) is 38.3 Å². The maximum absolute atomic E-state index is 13.5. The molecule has 5 heteroatoms. The molecule has 1 unspecified atom stereocenters. The van der Waals surface area contributed by atoms with Gasteiger partial charge < -0.3 is 10.5 Å². The standard InChI is InChI=1S/C26H29FN2O2/c1-15-25-22(23-13-20(28)7-5-17(23)12-24(25)26(30)31-15)10-9-21-8-6-18(14-29-21)16-3-2-4-19(27)11-16/h2-4,6,8-11,14-15,17,20,22-25H,5,7,12-13,28H2,1H3/b10-9+/t15-,17+,20-,22+,23?,24-,25+/m1/s1. The Morgan fingerprint density at radius 3 is 2.81 bits per heavy atom.